The first-order valence-electron chi connectivity index (χ1n) is 6.47. The van der Waals surface area contributed by atoms with E-state index in [9.17, 15) is 0 Å². The summed E-state index contributed by atoms with van der Waals surface area (Å²) in [7, 11) is 2.05. The van der Waals surface area contributed by atoms with E-state index >= 15 is 0 Å². The molecule has 1 unspecified atom stereocenters. The predicted molar refractivity (Wildman–Crippen MR) is 67.2 cm³/mol. The van der Waals surface area contributed by atoms with Gasteiger partial charge in [-0.1, -0.05) is 31.7 Å². The van der Waals surface area contributed by atoms with E-state index in [0.29, 0.717) is 6.04 Å². The lowest BCUT2D eigenvalue weighted by atomic mass is 9.96. The lowest BCUT2D eigenvalue weighted by molar-refractivity contribution is 0.427. The smallest absolute Gasteiger partial charge is 0.0332 e. The molecule has 0 saturated heterocycles. The molecule has 1 heterocycles. The maximum Gasteiger partial charge on any atom is 0.0332 e. The van der Waals surface area contributed by atoms with Crippen molar-refractivity contribution in [3.05, 3.63) is 30.1 Å². The molecular weight excluding hydrogens is 196 g/mol. The second kappa shape index (κ2) is 6.00. The summed E-state index contributed by atoms with van der Waals surface area (Å²) in [6, 6.07) is 4.67. The Kier molecular flexibility index (Phi) is 4.34. The normalized spacial score (nSPS) is 18.8. The summed E-state index contributed by atoms with van der Waals surface area (Å²) in [4.78, 5) is 4.19. The molecule has 88 valence electrons. The molecule has 1 aromatic rings. The quantitative estimate of drug-likeness (QED) is 0.820. The summed E-state index contributed by atoms with van der Waals surface area (Å²) in [5.41, 5.74) is 1.32. The molecule has 1 atom stereocenters. The largest absolute Gasteiger partial charge is 0.313 e. The number of nitrogens with one attached hydrogen (secondary N) is 1. The van der Waals surface area contributed by atoms with Gasteiger partial charge in [-0.2, -0.15) is 0 Å². The number of hydrogen-bond donors (Lipinski definition) is 1. The predicted octanol–water partition coefficient (Wildman–Crippen LogP) is 3.31. The van der Waals surface area contributed by atoms with Crippen LogP contribution in [0.4, 0.5) is 0 Å². The number of aromatic nitrogens is 1. The maximum absolute atomic E-state index is 4.19. The zero-order valence-corrected chi connectivity index (χ0v) is 10.2. The van der Waals surface area contributed by atoms with Crippen LogP contribution in [0.3, 0.4) is 0 Å². The number of rotatable bonds is 5. The van der Waals surface area contributed by atoms with Crippen LogP contribution in [0.15, 0.2) is 24.5 Å². The molecule has 1 fully saturated rings. The third kappa shape index (κ3) is 3.05. The van der Waals surface area contributed by atoms with Gasteiger partial charge in [0.05, 0.1) is 0 Å². The first-order chi connectivity index (χ1) is 7.90. The van der Waals surface area contributed by atoms with Crippen molar-refractivity contribution >= 4 is 0 Å². The molecule has 0 amide bonds. The zero-order chi connectivity index (χ0) is 11.2. The summed E-state index contributed by atoms with van der Waals surface area (Å²) < 4.78 is 0. The molecule has 1 N–H and O–H groups in total. The molecule has 2 rings (SSSR count). The second-order valence-electron chi connectivity index (χ2n) is 4.86. The summed E-state index contributed by atoms with van der Waals surface area (Å²) in [5, 5.41) is 3.40. The van der Waals surface area contributed by atoms with Crippen molar-refractivity contribution in [3.8, 4) is 0 Å². The average Bonchev–Trinajstić information content (AvgIpc) is 2.84. The van der Waals surface area contributed by atoms with Crippen molar-refractivity contribution < 1.29 is 0 Å². The Labute approximate surface area is 98.5 Å². The van der Waals surface area contributed by atoms with E-state index in [1.807, 2.05) is 25.5 Å². The third-order valence-corrected chi connectivity index (χ3v) is 3.77. The topological polar surface area (TPSA) is 24.9 Å². The maximum atomic E-state index is 4.19. The molecule has 1 aliphatic carbocycles. The zero-order valence-electron chi connectivity index (χ0n) is 10.2. The van der Waals surface area contributed by atoms with E-state index in [1.165, 1.54) is 44.1 Å². The fourth-order valence-electron chi connectivity index (χ4n) is 2.76. The molecule has 0 radical (unpaired) electrons. The molecular formula is C14H22N2. The van der Waals surface area contributed by atoms with Crippen LogP contribution in [0.1, 0.15) is 50.1 Å². The van der Waals surface area contributed by atoms with Gasteiger partial charge in [0.1, 0.15) is 0 Å². The summed E-state index contributed by atoms with van der Waals surface area (Å²) in [6.07, 6.45) is 12.2. The molecule has 0 aromatic carbocycles. The molecule has 0 aliphatic heterocycles. The minimum absolute atomic E-state index is 0.481. The molecule has 1 saturated carbocycles. The lowest BCUT2D eigenvalue weighted by Crippen LogP contribution is -2.17. The van der Waals surface area contributed by atoms with Gasteiger partial charge >= 0.3 is 0 Å². The van der Waals surface area contributed by atoms with Crippen molar-refractivity contribution in [2.45, 2.75) is 44.6 Å². The van der Waals surface area contributed by atoms with Crippen molar-refractivity contribution in [3.63, 3.8) is 0 Å². The van der Waals surface area contributed by atoms with E-state index < -0.39 is 0 Å². The van der Waals surface area contributed by atoms with Crippen molar-refractivity contribution in [1.29, 1.82) is 0 Å². The van der Waals surface area contributed by atoms with Crippen LogP contribution < -0.4 is 5.32 Å². The second-order valence-corrected chi connectivity index (χ2v) is 4.86. The van der Waals surface area contributed by atoms with Crippen molar-refractivity contribution in [2.75, 3.05) is 7.05 Å². The Morgan fingerprint density at radius 2 is 2.25 bits per heavy atom. The summed E-state index contributed by atoms with van der Waals surface area (Å²) >= 11 is 0. The van der Waals surface area contributed by atoms with E-state index in [-0.39, 0.29) is 0 Å². The fraction of sp³-hybridized carbons (Fsp3) is 0.643. The monoisotopic (exact) mass is 218 g/mol. The van der Waals surface area contributed by atoms with Gasteiger partial charge < -0.3 is 5.32 Å². The van der Waals surface area contributed by atoms with E-state index in [4.69, 9.17) is 0 Å². The molecule has 2 heteroatoms. The Balaban J connectivity index is 1.85. The fourth-order valence-corrected chi connectivity index (χ4v) is 2.76. The first kappa shape index (κ1) is 11.6. The highest BCUT2D eigenvalue weighted by molar-refractivity contribution is 5.13. The first-order valence-corrected chi connectivity index (χ1v) is 6.47. The van der Waals surface area contributed by atoms with E-state index in [0.717, 1.165) is 5.92 Å². The highest BCUT2D eigenvalue weighted by Gasteiger charge is 2.17. The van der Waals surface area contributed by atoms with Gasteiger partial charge in [0.25, 0.3) is 0 Å². The van der Waals surface area contributed by atoms with E-state index in [2.05, 4.69) is 16.4 Å². The summed E-state index contributed by atoms with van der Waals surface area (Å²) in [5.74, 6) is 0.979. The molecule has 1 aromatic heterocycles. The van der Waals surface area contributed by atoms with Crippen LogP contribution in [0.25, 0.3) is 0 Å². The molecule has 2 nitrogen and oxygen atoms in total. The van der Waals surface area contributed by atoms with Crippen LogP contribution in [0, 0.1) is 5.92 Å². The van der Waals surface area contributed by atoms with Gasteiger partial charge in [-0.3, -0.25) is 4.98 Å². The molecule has 0 spiro atoms. The van der Waals surface area contributed by atoms with Gasteiger partial charge in [0, 0.05) is 18.4 Å². The van der Waals surface area contributed by atoms with Crippen LogP contribution in [0.2, 0.25) is 0 Å². The van der Waals surface area contributed by atoms with Crippen LogP contribution in [-0.4, -0.2) is 12.0 Å². The van der Waals surface area contributed by atoms with Crippen LogP contribution in [-0.2, 0) is 0 Å². The number of pyridine rings is 1. The lowest BCUT2D eigenvalue weighted by Gasteiger charge is -2.18. The average molecular weight is 218 g/mol. The highest BCUT2D eigenvalue weighted by Crippen LogP contribution is 2.31. The Morgan fingerprint density at radius 3 is 2.88 bits per heavy atom. The van der Waals surface area contributed by atoms with Gasteiger partial charge in [-0.25, -0.2) is 0 Å². The Morgan fingerprint density at radius 1 is 1.44 bits per heavy atom. The SMILES string of the molecule is CNC(CCC1CCCC1)c1cccnc1. The molecule has 16 heavy (non-hydrogen) atoms. The van der Waals surface area contributed by atoms with Gasteiger partial charge in [0.2, 0.25) is 0 Å². The van der Waals surface area contributed by atoms with Gasteiger partial charge in [0.15, 0.2) is 0 Å². The summed E-state index contributed by atoms with van der Waals surface area (Å²) in [6.45, 7) is 0. The standard InChI is InChI=1S/C14H22N2/c1-15-14(13-7-4-10-16-11-13)9-8-12-5-2-3-6-12/h4,7,10-12,14-15H,2-3,5-6,8-9H2,1H3. The van der Waals surface area contributed by atoms with Crippen LogP contribution >= 0.6 is 0 Å². The number of nitrogens with zero attached hydrogens (tertiary/aromatic N) is 1. The Hall–Kier alpha value is -0.890. The van der Waals surface area contributed by atoms with E-state index in [1.54, 1.807) is 0 Å². The van der Waals surface area contributed by atoms with Crippen LogP contribution in [0.5, 0.6) is 0 Å². The molecule has 0 bridgehead atoms. The highest BCUT2D eigenvalue weighted by atomic mass is 14.9. The van der Waals surface area contributed by atoms with Gasteiger partial charge in [-0.05, 0) is 37.4 Å². The number of hydrogen-bond acceptors (Lipinski definition) is 2. The van der Waals surface area contributed by atoms with Crippen molar-refractivity contribution in [2.24, 2.45) is 5.92 Å². The minimum atomic E-state index is 0.481. The Bertz CT molecular complexity index is 291. The van der Waals surface area contributed by atoms with Gasteiger partial charge in [-0.15, -0.1) is 0 Å². The third-order valence-electron chi connectivity index (χ3n) is 3.77. The minimum Gasteiger partial charge on any atom is -0.313 e. The molecule has 1 aliphatic rings. The van der Waals surface area contributed by atoms with Crippen molar-refractivity contribution in [1.82, 2.24) is 10.3 Å².